The molecule has 0 amide bonds. The van der Waals surface area contributed by atoms with Gasteiger partial charge in [-0.15, -0.1) is 0 Å². The smallest absolute Gasteiger partial charge is 0.165 e. The van der Waals surface area contributed by atoms with Crippen LogP contribution in [0.25, 0.3) is 22.3 Å². The van der Waals surface area contributed by atoms with E-state index in [9.17, 15) is 4.39 Å². The fourth-order valence-corrected chi connectivity index (χ4v) is 2.26. The molecule has 2 heterocycles. The molecule has 0 N–H and O–H groups in total. The lowest BCUT2D eigenvalue weighted by molar-refractivity contribution is 0.387. The number of aromatic nitrogens is 4. The number of hydrogen-bond acceptors (Lipinski definition) is 4. The maximum Gasteiger partial charge on any atom is 0.165 e. The summed E-state index contributed by atoms with van der Waals surface area (Å²) in [6.45, 7) is 4.06. The van der Waals surface area contributed by atoms with Crippen LogP contribution in [0.15, 0.2) is 30.7 Å². The Kier molecular flexibility index (Phi) is 3.29. The summed E-state index contributed by atoms with van der Waals surface area (Å²) in [7, 11) is 1.44. The van der Waals surface area contributed by atoms with E-state index in [1.165, 1.54) is 19.5 Å². The zero-order valence-corrected chi connectivity index (χ0v) is 12.0. The van der Waals surface area contributed by atoms with Gasteiger partial charge < -0.3 is 4.74 Å². The fraction of sp³-hybridized carbons (Fsp3) is 0.267. The summed E-state index contributed by atoms with van der Waals surface area (Å²) in [5.74, 6) is -0.207. The first kappa shape index (κ1) is 13.5. The first-order valence-corrected chi connectivity index (χ1v) is 6.64. The predicted octanol–water partition coefficient (Wildman–Crippen LogP) is 3.22. The van der Waals surface area contributed by atoms with Crippen LogP contribution in [0.3, 0.4) is 0 Å². The van der Waals surface area contributed by atoms with E-state index in [0.717, 1.165) is 22.3 Å². The predicted molar refractivity (Wildman–Crippen MR) is 77.7 cm³/mol. The van der Waals surface area contributed by atoms with Crippen LogP contribution < -0.4 is 4.74 Å². The molecule has 0 unspecified atom stereocenters. The van der Waals surface area contributed by atoms with Crippen molar-refractivity contribution >= 4 is 11.0 Å². The molecule has 21 heavy (non-hydrogen) atoms. The largest absolute Gasteiger partial charge is 0.494 e. The molecule has 5 nitrogen and oxygen atoms in total. The zero-order valence-electron chi connectivity index (χ0n) is 12.0. The minimum atomic E-state index is -0.398. The van der Waals surface area contributed by atoms with E-state index in [2.05, 4.69) is 15.1 Å². The summed E-state index contributed by atoms with van der Waals surface area (Å²) in [5, 5.41) is 5.43. The van der Waals surface area contributed by atoms with Crippen molar-refractivity contribution in [1.82, 2.24) is 19.7 Å². The van der Waals surface area contributed by atoms with Crippen molar-refractivity contribution in [3.63, 3.8) is 0 Å². The van der Waals surface area contributed by atoms with Gasteiger partial charge in [-0.2, -0.15) is 5.10 Å². The molecule has 3 rings (SSSR count). The second-order valence-corrected chi connectivity index (χ2v) is 5.00. The van der Waals surface area contributed by atoms with Crippen molar-refractivity contribution in [1.29, 1.82) is 0 Å². The highest BCUT2D eigenvalue weighted by molar-refractivity contribution is 5.90. The highest BCUT2D eigenvalue weighted by Gasteiger charge is 2.16. The number of fused-ring (bicyclic) bond motifs is 1. The average molecular weight is 286 g/mol. The number of ether oxygens (including phenoxy) is 1. The van der Waals surface area contributed by atoms with Gasteiger partial charge in [0.05, 0.1) is 12.5 Å². The maximum absolute atomic E-state index is 13.6. The summed E-state index contributed by atoms with van der Waals surface area (Å²) in [6, 6.07) is 4.85. The van der Waals surface area contributed by atoms with Crippen molar-refractivity contribution in [3.05, 3.63) is 36.5 Å². The molecule has 108 valence electrons. The third-order valence-electron chi connectivity index (χ3n) is 3.28. The van der Waals surface area contributed by atoms with Crippen LogP contribution in [0.2, 0.25) is 0 Å². The maximum atomic E-state index is 13.6. The Balaban J connectivity index is 2.25. The van der Waals surface area contributed by atoms with Gasteiger partial charge in [-0.25, -0.2) is 19.0 Å². The van der Waals surface area contributed by atoms with Crippen LogP contribution in [0.4, 0.5) is 4.39 Å². The number of methoxy groups -OCH3 is 1. The summed E-state index contributed by atoms with van der Waals surface area (Å²) in [5.41, 5.74) is 2.25. The molecule has 0 saturated heterocycles. The SMILES string of the molecule is COc1cc(-c2nn(C(C)C)c3ncncc23)ccc1F. The molecule has 0 spiro atoms. The second kappa shape index (κ2) is 5.12. The van der Waals surface area contributed by atoms with Gasteiger partial charge in [-0.3, -0.25) is 0 Å². The lowest BCUT2D eigenvalue weighted by Crippen LogP contribution is -2.03. The van der Waals surface area contributed by atoms with Gasteiger partial charge in [0.2, 0.25) is 0 Å². The minimum Gasteiger partial charge on any atom is -0.494 e. The molecule has 1 aromatic carbocycles. The van der Waals surface area contributed by atoms with Gasteiger partial charge in [0.15, 0.2) is 17.2 Å². The Bertz CT molecular complexity index is 797. The van der Waals surface area contributed by atoms with Crippen LogP contribution in [-0.2, 0) is 0 Å². The van der Waals surface area contributed by atoms with E-state index in [-0.39, 0.29) is 11.8 Å². The Labute approximate surface area is 121 Å². The van der Waals surface area contributed by atoms with Crippen molar-refractivity contribution < 1.29 is 9.13 Å². The molecule has 0 aliphatic heterocycles. The lowest BCUT2D eigenvalue weighted by Gasteiger charge is -2.05. The van der Waals surface area contributed by atoms with Crippen molar-refractivity contribution in [3.8, 4) is 17.0 Å². The van der Waals surface area contributed by atoms with E-state index in [1.54, 1.807) is 18.3 Å². The molecular formula is C15H15FN4O. The minimum absolute atomic E-state index is 0.165. The van der Waals surface area contributed by atoms with Crippen molar-refractivity contribution in [2.45, 2.75) is 19.9 Å². The Morgan fingerprint density at radius 1 is 1.29 bits per heavy atom. The Hall–Kier alpha value is -2.50. The highest BCUT2D eigenvalue weighted by atomic mass is 19.1. The van der Waals surface area contributed by atoms with E-state index in [0.29, 0.717) is 0 Å². The van der Waals surface area contributed by atoms with Crippen molar-refractivity contribution in [2.75, 3.05) is 7.11 Å². The van der Waals surface area contributed by atoms with E-state index >= 15 is 0 Å². The monoisotopic (exact) mass is 286 g/mol. The van der Waals surface area contributed by atoms with E-state index in [1.807, 2.05) is 18.5 Å². The van der Waals surface area contributed by atoms with Crippen molar-refractivity contribution in [2.24, 2.45) is 0 Å². The van der Waals surface area contributed by atoms with Gasteiger partial charge in [0.1, 0.15) is 12.0 Å². The second-order valence-electron chi connectivity index (χ2n) is 5.00. The summed E-state index contributed by atoms with van der Waals surface area (Å²) in [4.78, 5) is 8.35. The molecule has 0 aliphatic carbocycles. The Morgan fingerprint density at radius 3 is 2.81 bits per heavy atom. The van der Waals surface area contributed by atoms with Gasteiger partial charge in [-0.1, -0.05) is 0 Å². The third kappa shape index (κ3) is 2.22. The van der Waals surface area contributed by atoms with Crippen LogP contribution in [0.5, 0.6) is 5.75 Å². The zero-order chi connectivity index (χ0) is 15.0. The van der Waals surface area contributed by atoms with Crippen LogP contribution in [0, 0.1) is 5.82 Å². The topological polar surface area (TPSA) is 52.8 Å². The number of rotatable bonds is 3. The quantitative estimate of drug-likeness (QED) is 0.742. The molecule has 3 aromatic rings. The van der Waals surface area contributed by atoms with E-state index in [4.69, 9.17) is 4.74 Å². The third-order valence-corrected chi connectivity index (χ3v) is 3.28. The molecule has 0 atom stereocenters. The molecule has 0 aliphatic rings. The molecule has 2 aromatic heterocycles. The Morgan fingerprint density at radius 2 is 2.10 bits per heavy atom. The average Bonchev–Trinajstić information content (AvgIpc) is 2.88. The molecule has 0 radical (unpaired) electrons. The van der Waals surface area contributed by atoms with Crippen LogP contribution in [0.1, 0.15) is 19.9 Å². The summed E-state index contributed by atoms with van der Waals surface area (Å²) < 4.78 is 20.4. The van der Waals surface area contributed by atoms with Gasteiger partial charge >= 0.3 is 0 Å². The van der Waals surface area contributed by atoms with Gasteiger partial charge in [0, 0.05) is 17.8 Å². The number of nitrogens with zero attached hydrogens (tertiary/aromatic N) is 4. The molecule has 0 saturated carbocycles. The molecule has 0 bridgehead atoms. The van der Waals surface area contributed by atoms with Crippen LogP contribution >= 0.6 is 0 Å². The lowest BCUT2D eigenvalue weighted by atomic mass is 10.1. The first-order valence-electron chi connectivity index (χ1n) is 6.64. The molecular weight excluding hydrogens is 271 g/mol. The number of benzene rings is 1. The number of halogens is 1. The molecule has 0 fully saturated rings. The number of hydrogen-bond donors (Lipinski definition) is 0. The van der Waals surface area contributed by atoms with E-state index < -0.39 is 5.82 Å². The fourth-order valence-electron chi connectivity index (χ4n) is 2.26. The first-order chi connectivity index (χ1) is 10.1. The van der Waals surface area contributed by atoms with Crippen LogP contribution in [-0.4, -0.2) is 26.9 Å². The highest BCUT2D eigenvalue weighted by Crippen LogP contribution is 2.31. The standard InChI is InChI=1S/C15H15FN4O/c1-9(2)20-15-11(7-17-8-18-15)14(19-20)10-4-5-12(16)13(6-10)21-3/h4-9H,1-3H3. The normalized spacial score (nSPS) is 11.3. The molecule has 6 heteroatoms. The summed E-state index contributed by atoms with van der Waals surface area (Å²) in [6.07, 6.45) is 3.22. The summed E-state index contributed by atoms with van der Waals surface area (Å²) >= 11 is 0. The van der Waals surface area contributed by atoms with Gasteiger partial charge in [-0.05, 0) is 32.0 Å². The van der Waals surface area contributed by atoms with Gasteiger partial charge in [0.25, 0.3) is 0 Å².